The summed E-state index contributed by atoms with van der Waals surface area (Å²) in [5.74, 6) is 1.45. The van der Waals surface area contributed by atoms with Gasteiger partial charge in [-0.25, -0.2) is 0 Å². The summed E-state index contributed by atoms with van der Waals surface area (Å²) in [4.78, 5) is 13.3. The van der Waals surface area contributed by atoms with Crippen molar-refractivity contribution in [3.05, 3.63) is 77.4 Å². The van der Waals surface area contributed by atoms with Gasteiger partial charge in [0, 0.05) is 8.54 Å². The van der Waals surface area contributed by atoms with Crippen molar-refractivity contribution < 1.29 is 22.2 Å². The Morgan fingerprint density at radius 2 is 1.81 bits per heavy atom. The molecule has 0 atom stereocenters. The van der Waals surface area contributed by atoms with Crippen molar-refractivity contribution in [3.8, 4) is 22.6 Å². The van der Waals surface area contributed by atoms with Gasteiger partial charge in [0.1, 0.15) is 0 Å². The van der Waals surface area contributed by atoms with Gasteiger partial charge in [-0.1, -0.05) is 43.3 Å². The highest BCUT2D eigenvalue weighted by molar-refractivity contribution is 6.02. The predicted octanol–water partition coefficient (Wildman–Crippen LogP) is 5.30. The zero-order valence-electron chi connectivity index (χ0n) is 17.5. The maximum absolute atomic E-state index is 13.3. The first-order valence-electron chi connectivity index (χ1n) is 10.7. The zero-order valence-corrected chi connectivity index (χ0v) is 17.5. The fraction of sp³-hybridized carbons (Fsp3) is 0.269. The van der Waals surface area contributed by atoms with Crippen LogP contribution >= 0.6 is 0 Å². The molecule has 162 valence electrons. The van der Waals surface area contributed by atoms with Gasteiger partial charge < -0.3 is 19.9 Å². The van der Waals surface area contributed by atoms with Crippen LogP contribution in [0.5, 0.6) is 11.5 Å². The minimum absolute atomic E-state index is 0. The van der Waals surface area contributed by atoms with E-state index in [1.165, 1.54) is 5.56 Å². The third-order valence-electron chi connectivity index (χ3n) is 6.31. The Bertz CT molecular complexity index is 1140. The molecule has 1 saturated carbocycles. The Kier molecular flexibility index (Phi) is 4.91. The summed E-state index contributed by atoms with van der Waals surface area (Å²) in [6.07, 6.45) is 2.54. The van der Waals surface area contributed by atoms with Crippen LogP contribution in [0.3, 0.4) is 0 Å². The summed E-state index contributed by atoms with van der Waals surface area (Å²) in [5.41, 5.74) is 5.51. The standard InChI is InChI=1S/C26H25NO4.2H2/c1-2-18-7-9-21(14-22(18)19-5-3-17(15-28)4-6-19)27-25(29)26(11-12-26)20-8-10-23-24(13-20)31-16-30-23;;/h3-10,13-14,28H,2,11-12,15-16H2,1H3,(H,27,29);2*1H. The van der Waals surface area contributed by atoms with Gasteiger partial charge in [-0.2, -0.15) is 0 Å². The number of ether oxygens (including phenoxy) is 2. The fourth-order valence-corrected chi connectivity index (χ4v) is 4.24. The number of rotatable bonds is 6. The lowest BCUT2D eigenvalue weighted by Crippen LogP contribution is -2.27. The monoisotopic (exact) mass is 419 g/mol. The first kappa shape index (κ1) is 19.6. The summed E-state index contributed by atoms with van der Waals surface area (Å²) < 4.78 is 10.9. The average Bonchev–Trinajstić information content (AvgIpc) is 3.50. The Morgan fingerprint density at radius 3 is 2.52 bits per heavy atom. The van der Waals surface area contributed by atoms with Crippen LogP contribution in [0.2, 0.25) is 0 Å². The SMILES string of the molecule is CCc1ccc(NC(=O)C2(c3ccc4c(c3)OCO4)CC2)cc1-c1ccc(CO)cc1.[HH].[HH]. The molecule has 0 saturated heterocycles. The number of carbonyl (C=O) groups is 1. The molecular formula is C26H29NO4. The molecule has 1 aliphatic heterocycles. The first-order valence-corrected chi connectivity index (χ1v) is 10.7. The quantitative estimate of drug-likeness (QED) is 0.569. The third kappa shape index (κ3) is 3.55. The van der Waals surface area contributed by atoms with Crippen molar-refractivity contribution in [2.24, 2.45) is 0 Å². The topological polar surface area (TPSA) is 67.8 Å². The third-order valence-corrected chi connectivity index (χ3v) is 6.31. The van der Waals surface area contributed by atoms with Crippen molar-refractivity contribution in [2.75, 3.05) is 12.1 Å². The number of hydrogen-bond donors (Lipinski definition) is 2. The lowest BCUT2D eigenvalue weighted by atomic mass is 9.93. The number of benzene rings is 3. The molecule has 3 aromatic rings. The molecule has 1 heterocycles. The highest BCUT2D eigenvalue weighted by Crippen LogP contribution is 2.51. The minimum atomic E-state index is -0.507. The van der Waals surface area contributed by atoms with Crippen LogP contribution in [-0.4, -0.2) is 17.8 Å². The van der Waals surface area contributed by atoms with Crippen LogP contribution in [0, 0.1) is 0 Å². The molecule has 1 amide bonds. The second kappa shape index (κ2) is 7.75. The second-order valence-corrected chi connectivity index (χ2v) is 8.18. The summed E-state index contributed by atoms with van der Waals surface area (Å²) in [6, 6.07) is 19.8. The Morgan fingerprint density at radius 1 is 1.03 bits per heavy atom. The summed E-state index contributed by atoms with van der Waals surface area (Å²) in [6.45, 7) is 2.38. The maximum atomic E-state index is 13.3. The van der Waals surface area contributed by atoms with Crippen molar-refractivity contribution in [1.82, 2.24) is 0 Å². The van der Waals surface area contributed by atoms with Crippen molar-refractivity contribution >= 4 is 11.6 Å². The fourth-order valence-electron chi connectivity index (χ4n) is 4.24. The van der Waals surface area contributed by atoms with E-state index in [0.29, 0.717) is 5.75 Å². The van der Waals surface area contributed by atoms with Gasteiger partial charge in [0.2, 0.25) is 12.7 Å². The molecule has 0 aromatic heterocycles. The number of amides is 1. The van der Waals surface area contributed by atoms with Crippen LogP contribution in [0.15, 0.2) is 60.7 Å². The van der Waals surface area contributed by atoms with E-state index in [0.717, 1.165) is 53.0 Å². The minimum Gasteiger partial charge on any atom is -0.454 e. The van der Waals surface area contributed by atoms with Crippen LogP contribution in [0.25, 0.3) is 11.1 Å². The normalized spacial score (nSPS) is 15.5. The molecule has 2 N–H and O–H groups in total. The van der Waals surface area contributed by atoms with Gasteiger partial charge >= 0.3 is 0 Å². The molecular weight excluding hydrogens is 390 g/mol. The van der Waals surface area contributed by atoms with Gasteiger partial charge in [-0.05, 0) is 71.3 Å². The number of aliphatic hydroxyl groups is 1. The first-order chi connectivity index (χ1) is 15.1. The van der Waals surface area contributed by atoms with E-state index in [4.69, 9.17) is 9.47 Å². The van der Waals surface area contributed by atoms with Crippen molar-refractivity contribution in [2.45, 2.75) is 38.2 Å². The van der Waals surface area contributed by atoms with Crippen LogP contribution in [0.1, 0.15) is 39.3 Å². The number of nitrogens with one attached hydrogen (secondary N) is 1. The van der Waals surface area contributed by atoms with E-state index in [9.17, 15) is 9.90 Å². The number of carbonyl (C=O) groups excluding carboxylic acids is 1. The van der Waals surface area contributed by atoms with Crippen LogP contribution in [0.4, 0.5) is 5.69 Å². The summed E-state index contributed by atoms with van der Waals surface area (Å²) >= 11 is 0. The molecule has 31 heavy (non-hydrogen) atoms. The van der Waals surface area contributed by atoms with Gasteiger partial charge in [0.25, 0.3) is 0 Å². The van der Waals surface area contributed by atoms with Gasteiger partial charge in [-0.15, -0.1) is 0 Å². The van der Waals surface area contributed by atoms with Crippen LogP contribution < -0.4 is 14.8 Å². The van der Waals surface area contributed by atoms with E-state index in [1.807, 2.05) is 54.6 Å². The molecule has 5 heteroatoms. The van der Waals surface area contributed by atoms with E-state index < -0.39 is 5.41 Å². The average molecular weight is 420 g/mol. The molecule has 0 bridgehead atoms. The van der Waals surface area contributed by atoms with Crippen molar-refractivity contribution in [3.63, 3.8) is 0 Å². The molecule has 0 spiro atoms. The number of aryl methyl sites for hydroxylation is 1. The predicted molar refractivity (Wildman–Crippen MR) is 124 cm³/mol. The van der Waals surface area contributed by atoms with E-state index in [-0.39, 0.29) is 22.2 Å². The molecule has 0 unspecified atom stereocenters. The van der Waals surface area contributed by atoms with Gasteiger partial charge in [-0.3, -0.25) is 4.79 Å². The number of anilines is 1. The molecule has 1 fully saturated rings. The number of hydrogen-bond acceptors (Lipinski definition) is 4. The molecule has 5 nitrogen and oxygen atoms in total. The highest BCUT2D eigenvalue weighted by Gasteiger charge is 2.51. The molecule has 2 aliphatic rings. The molecule has 1 aliphatic carbocycles. The molecule has 5 rings (SSSR count). The Labute approximate surface area is 184 Å². The number of aliphatic hydroxyl groups excluding tert-OH is 1. The molecule has 3 aromatic carbocycles. The Balaban J connectivity index is 0.00000153. The number of fused-ring (bicyclic) bond motifs is 1. The van der Waals surface area contributed by atoms with Crippen LogP contribution in [-0.2, 0) is 23.2 Å². The van der Waals surface area contributed by atoms with Gasteiger partial charge in [0.15, 0.2) is 11.5 Å². The summed E-state index contributed by atoms with van der Waals surface area (Å²) in [5, 5.41) is 12.5. The largest absolute Gasteiger partial charge is 0.454 e. The van der Waals surface area contributed by atoms with Crippen molar-refractivity contribution in [1.29, 1.82) is 0 Å². The maximum Gasteiger partial charge on any atom is 0.235 e. The smallest absolute Gasteiger partial charge is 0.235 e. The van der Waals surface area contributed by atoms with E-state index >= 15 is 0 Å². The summed E-state index contributed by atoms with van der Waals surface area (Å²) in [7, 11) is 0. The zero-order chi connectivity index (χ0) is 21.4. The second-order valence-electron chi connectivity index (χ2n) is 8.18. The van der Waals surface area contributed by atoms with E-state index in [2.05, 4.69) is 18.3 Å². The lowest BCUT2D eigenvalue weighted by Gasteiger charge is -2.18. The highest BCUT2D eigenvalue weighted by atomic mass is 16.7. The van der Waals surface area contributed by atoms with E-state index in [1.54, 1.807) is 0 Å². The molecule has 0 radical (unpaired) electrons. The lowest BCUT2D eigenvalue weighted by molar-refractivity contribution is -0.118. The van der Waals surface area contributed by atoms with Gasteiger partial charge in [0.05, 0.1) is 12.0 Å². The Hall–Kier alpha value is -3.31.